The third kappa shape index (κ3) is 2.70. The Morgan fingerprint density at radius 1 is 1.15 bits per heavy atom. The number of anilines is 1. The molecule has 0 bridgehead atoms. The molecule has 5 rings (SSSR count). The maximum atomic E-state index is 13.3. The van der Waals surface area contributed by atoms with Gasteiger partial charge in [0.15, 0.2) is 16.5 Å². The number of ether oxygens (including phenoxy) is 2. The fourth-order valence-corrected chi connectivity index (χ4v) is 3.65. The standard InChI is InChI=1S/C19H12FN3O3S/c20-13-4-1-11(2-5-13)16-17(23-7-8-27-19(23)21-16)22-18(24)12-3-6-14-15(9-12)26-10-25-14/h1-9H,10H2,(H,22,24). The first-order valence-electron chi connectivity index (χ1n) is 8.11. The molecule has 0 saturated carbocycles. The number of nitrogens with zero attached hydrogens (tertiary/aromatic N) is 2. The van der Waals surface area contributed by atoms with Gasteiger partial charge in [-0.2, -0.15) is 0 Å². The van der Waals surface area contributed by atoms with Crippen molar-refractivity contribution in [2.24, 2.45) is 0 Å². The predicted octanol–water partition coefficient (Wildman–Crippen LogP) is 4.18. The molecule has 2 aromatic heterocycles. The number of hydrogen-bond acceptors (Lipinski definition) is 5. The highest BCUT2D eigenvalue weighted by Gasteiger charge is 2.20. The Morgan fingerprint density at radius 2 is 1.96 bits per heavy atom. The molecule has 0 atom stereocenters. The molecule has 134 valence electrons. The van der Waals surface area contributed by atoms with Gasteiger partial charge in [0.1, 0.15) is 17.3 Å². The lowest BCUT2D eigenvalue weighted by molar-refractivity contribution is 0.102. The van der Waals surface area contributed by atoms with Crippen molar-refractivity contribution in [3.05, 3.63) is 65.4 Å². The van der Waals surface area contributed by atoms with Crippen molar-refractivity contribution in [3.8, 4) is 22.8 Å². The van der Waals surface area contributed by atoms with Crippen LogP contribution in [0, 0.1) is 5.82 Å². The fourth-order valence-electron chi connectivity index (χ4n) is 2.93. The van der Waals surface area contributed by atoms with Crippen LogP contribution in [0.25, 0.3) is 16.2 Å². The van der Waals surface area contributed by atoms with Gasteiger partial charge in [-0.1, -0.05) is 0 Å². The molecule has 27 heavy (non-hydrogen) atoms. The largest absolute Gasteiger partial charge is 0.454 e. The third-order valence-electron chi connectivity index (χ3n) is 4.25. The molecule has 0 aliphatic carbocycles. The zero-order valence-corrected chi connectivity index (χ0v) is 14.6. The second kappa shape index (κ2) is 6.10. The molecule has 1 aliphatic heterocycles. The highest BCUT2D eigenvalue weighted by Crippen LogP contribution is 2.34. The molecule has 0 fully saturated rings. The molecular weight excluding hydrogens is 369 g/mol. The van der Waals surface area contributed by atoms with E-state index in [0.717, 1.165) is 4.96 Å². The number of rotatable bonds is 3. The van der Waals surface area contributed by atoms with E-state index in [1.165, 1.54) is 23.5 Å². The lowest BCUT2D eigenvalue weighted by Crippen LogP contribution is -2.13. The van der Waals surface area contributed by atoms with Crippen molar-refractivity contribution in [1.82, 2.24) is 9.38 Å². The van der Waals surface area contributed by atoms with Gasteiger partial charge in [0.2, 0.25) is 6.79 Å². The van der Waals surface area contributed by atoms with Crippen molar-refractivity contribution in [3.63, 3.8) is 0 Å². The highest BCUT2D eigenvalue weighted by molar-refractivity contribution is 7.15. The highest BCUT2D eigenvalue weighted by atomic mass is 32.1. The smallest absolute Gasteiger partial charge is 0.256 e. The van der Waals surface area contributed by atoms with E-state index in [1.54, 1.807) is 34.7 Å². The molecule has 4 aromatic rings. The molecule has 1 aliphatic rings. The first kappa shape index (κ1) is 15.8. The second-order valence-corrected chi connectivity index (χ2v) is 6.77. The summed E-state index contributed by atoms with van der Waals surface area (Å²) < 4.78 is 25.7. The number of hydrogen-bond donors (Lipinski definition) is 1. The summed E-state index contributed by atoms with van der Waals surface area (Å²) in [4.78, 5) is 18.1. The van der Waals surface area contributed by atoms with Crippen molar-refractivity contribution in [2.75, 3.05) is 12.1 Å². The Labute approximate surface area is 156 Å². The van der Waals surface area contributed by atoms with Gasteiger partial charge in [0, 0.05) is 22.7 Å². The minimum absolute atomic E-state index is 0.146. The maximum Gasteiger partial charge on any atom is 0.256 e. The summed E-state index contributed by atoms with van der Waals surface area (Å²) in [6.07, 6.45) is 1.83. The molecule has 1 N–H and O–H groups in total. The lowest BCUT2D eigenvalue weighted by Gasteiger charge is -2.08. The van der Waals surface area contributed by atoms with Gasteiger partial charge in [-0.3, -0.25) is 9.20 Å². The summed E-state index contributed by atoms with van der Waals surface area (Å²) in [5.74, 6) is 1.05. The molecule has 0 unspecified atom stereocenters. The van der Waals surface area contributed by atoms with Crippen LogP contribution in [-0.2, 0) is 0 Å². The van der Waals surface area contributed by atoms with Crippen LogP contribution >= 0.6 is 11.3 Å². The van der Waals surface area contributed by atoms with Crippen LogP contribution in [0.3, 0.4) is 0 Å². The van der Waals surface area contributed by atoms with Gasteiger partial charge >= 0.3 is 0 Å². The molecule has 8 heteroatoms. The number of amides is 1. The predicted molar refractivity (Wildman–Crippen MR) is 99.0 cm³/mol. The van der Waals surface area contributed by atoms with E-state index >= 15 is 0 Å². The summed E-state index contributed by atoms with van der Waals surface area (Å²) in [7, 11) is 0. The number of imidazole rings is 1. The Hall–Kier alpha value is -3.39. The number of benzene rings is 2. The van der Waals surface area contributed by atoms with Crippen LogP contribution in [0.15, 0.2) is 54.0 Å². The van der Waals surface area contributed by atoms with Crippen molar-refractivity contribution < 1.29 is 18.7 Å². The van der Waals surface area contributed by atoms with E-state index < -0.39 is 0 Å². The SMILES string of the molecule is O=C(Nc1c(-c2ccc(F)cc2)nc2sccn12)c1ccc2c(c1)OCO2. The Balaban J connectivity index is 1.54. The normalized spacial score (nSPS) is 12.5. The number of fused-ring (bicyclic) bond motifs is 2. The average molecular weight is 381 g/mol. The van der Waals surface area contributed by atoms with Gasteiger partial charge in [-0.15, -0.1) is 11.3 Å². The van der Waals surface area contributed by atoms with Gasteiger partial charge in [-0.25, -0.2) is 9.37 Å². The summed E-state index contributed by atoms with van der Waals surface area (Å²) >= 11 is 1.45. The fraction of sp³-hybridized carbons (Fsp3) is 0.0526. The Bertz CT molecular complexity index is 1170. The van der Waals surface area contributed by atoms with Crippen LogP contribution in [0.1, 0.15) is 10.4 Å². The van der Waals surface area contributed by atoms with Gasteiger partial charge in [0.05, 0.1) is 0 Å². The molecular formula is C19H12FN3O3S. The zero-order chi connectivity index (χ0) is 18.4. The van der Waals surface area contributed by atoms with Crippen molar-refractivity contribution in [2.45, 2.75) is 0 Å². The number of nitrogens with one attached hydrogen (secondary N) is 1. The molecule has 0 spiro atoms. The third-order valence-corrected chi connectivity index (χ3v) is 5.00. The molecule has 3 heterocycles. The van der Waals surface area contributed by atoms with Crippen LogP contribution in [-0.4, -0.2) is 22.1 Å². The Kier molecular flexibility index (Phi) is 3.58. The minimum Gasteiger partial charge on any atom is -0.454 e. The van der Waals surface area contributed by atoms with E-state index in [1.807, 2.05) is 11.6 Å². The van der Waals surface area contributed by atoms with Gasteiger partial charge < -0.3 is 14.8 Å². The first-order chi connectivity index (χ1) is 13.2. The van der Waals surface area contributed by atoms with E-state index in [2.05, 4.69) is 10.3 Å². The molecule has 0 radical (unpaired) electrons. The van der Waals surface area contributed by atoms with Crippen molar-refractivity contribution in [1.29, 1.82) is 0 Å². The minimum atomic E-state index is -0.328. The molecule has 0 saturated heterocycles. The molecule has 2 aromatic carbocycles. The van der Waals surface area contributed by atoms with Crippen molar-refractivity contribution >= 4 is 28.0 Å². The maximum absolute atomic E-state index is 13.3. The monoisotopic (exact) mass is 381 g/mol. The molecule has 1 amide bonds. The van der Waals surface area contributed by atoms with E-state index in [-0.39, 0.29) is 18.5 Å². The quantitative estimate of drug-likeness (QED) is 0.578. The number of thiazole rings is 1. The van der Waals surface area contributed by atoms with Crippen LogP contribution < -0.4 is 14.8 Å². The number of carbonyl (C=O) groups is 1. The number of aromatic nitrogens is 2. The summed E-state index contributed by atoms with van der Waals surface area (Å²) in [5.41, 5.74) is 1.73. The molecule has 6 nitrogen and oxygen atoms in total. The van der Waals surface area contributed by atoms with Gasteiger partial charge in [-0.05, 0) is 42.5 Å². The zero-order valence-electron chi connectivity index (χ0n) is 13.8. The Morgan fingerprint density at radius 3 is 2.81 bits per heavy atom. The van der Waals surface area contributed by atoms with E-state index in [0.29, 0.717) is 34.1 Å². The summed E-state index contributed by atoms with van der Waals surface area (Å²) in [6.45, 7) is 0.146. The lowest BCUT2D eigenvalue weighted by atomic mass is 10.1. The second-order valence-electron chi connectivity index (χ2n) is 5.89. The topological polar surface area (TPSA) is 64.9 Å². The van der Waals surface area contributed by atoms with E-state index in [9.17, 15) is 9.18 Å². The van der Waals surface area contributed by atoms with Crippen LogP contribution in [0.5, 0.6) is 11.5 Å². The average Bonchev–Trinajstić information content (AvgIpc) is 3.38. The van der Waals surface area contributed by atoms with E-state index in [4.69, 9.17) is 9.47 Å². The summed E-state index contributed by atoms with van der Waals surface area (Å²) in [6, 6.07) is 11.0. The van der Waals surface area contributed by atoms with Crippen LogP contribution in [0.4, 0.5) is 10.2 Å². The first-order valence-corrected chi connectivity index (χ1v) is 8.99. The van der Waals surface area contributed by atoms with Crippen LogP contribution in [0.2, 0.25) is 0 Å². The number of halogens is 1. The summed E-state index contributed by atoms with van der Waals surface area (Å²) in [5, 5.41) is 4.80. The number of carbonyl (C=O) groups excluding carboxylic acids is 1. The van der Waals surface area contributed by atoms with Gasteiger partial charge in [0.25, 0.3) is 5.91 Å².